The monoisotopic (exact) mass is 261 g/mol. The average molecular weight is 261 g/mol. The van der Waals surface area contributed by atoms with Crippen LogP contribution in [0.1, 0.15) is 18.3 Å². The van der Waals surface area contributed by atoms with Crippen molar-refractivity contribution in [3.63, 3.8) is 0 Å². The molecular weight excluding hydrogens is 242 g/mol. The molecule has 2 heterocycles. The van der Waals surface area contributed by atoms with E-state index in [1.54, 1.807) is 4.68 Å². The summed E-state index contributed by atoms with van der Waals surface area (Å²) in [6, 6.07) is 7.91. The van der Waals surface area contributed by atoms with Gasteiger partial charge in [0.1, 0.15) is 5.69 Å². The number of aryl methyl sites for hydroxylation is 1. The number of hydrogen-bond donors (Lipinski definition) is 2. The van der Waals surface area contributed by atoms with Crippen LogP contribution in [-0.2, 0) is 7.05 Å². The van der Waals surface area contributed by atoms with Crippen LogP contribution in [0.2, 0.25) is 0 Å². The van der Waals surface area contributed by atoms with Gasteiger partial charge in [0, 0.05) is 32.1 Å². The van der Waals surface area contributed by atoms with E-state index < -0.39 is 6.23 Å². The standard InChI is InChI=1S/C14H19N3O2/c1-16-12-5-3-2-4-11(12)13(15-16)14(19)17-7-6-10(8-17)9-18/h2-5,10,14,18-19H,6-9H2,1H3/t10-,14?/m0/s1. The predicted octanol–water partition coefficient (Wildman–Crippen LogP) is 0.878. The van der Waals surface area contributed by atoms with Gasteiger partial charge in [-0.25, -0.2) is 0 Å². The summed E-state index contributed by atoms with van der Waals surface area (Å²) in [6.45, 7) is 1.71. The summed E-state index contributed by atoms with van der Waals surface area (Å²) in [5, 5.41) is 25.1. The molecule has 5 nitrogen and oxygen atoms in total. The number of nitrogens with zero attached hydrogens (tertiary/aromatic N) is 3. The Labute approximate surface area is 112 Å². The highest BCUT2D eigenvalue weighted by atomic mass is 16.3. The molecule has 1 fully saturated rings. The first-order valence-electron chi connectivity index (χ1n) is 6.65. The molecule has 0 bridgehead atoms. The second kappa shape index (κ2) is 4.92. The lowest BCUT2D eigenvalue weighted by molar-refractivity contribution is 0.0119. The van der Waals surface area contributed by atoms with Crippen molar-refractivity contribution in [2.75, 3.05) is 19.7 Å². The maximum atomic E-state index is 10.5. The van der Waals surface area contributed by atoms with E-state index in [4.69, 9.17) is 0 Å². The van der Waals surface area contributed by atoms with E-state index in [-0.39, 0.29) is 12.5 Å². The number of likely N-dealkylation sites (tertiary alicyclic amines) is 1. The number of para-hydroxylation sites is 1. The smallest absolute Gasteiger partial charge is 0.153 e. The zero-order valence-corrected chi connectivity index (χ0v) is 11.0. The number of hydrogen-bond acceptors (Lipinski definition) is 4. The molecule has 0 saturated carbocycles. The molecule has 2 aromatic rings. The van der Waals surface area contributed by atoms with Crippen LogP contribution in [0.3, 0.4) is 0 Å². The molecule has 1 aliphatic rings. The molecule has 0 amide bonds. The lowest BCUT2D eigenvalue weighted by Crippen LogP contribution is -2.27. The summed E-state index contributed by atoms with van der Waals surface area (Å²) in [5.74, 6) is 0.268. The van der Waals surface area contributed by atoms with E-state index >= 15 is 0 Å². The van der Waals surface area contributed by atoms with E-state index in [0.29, 0.717) is 5.69 Å². The Kier molecular flexibility index (Phi) is 3.26. The fraction of sp³-hybridized carbons (Fsp3) is 0.500. The Bertz CT molecular complexity index is 581. The molecule has 1 aromatic heterocycles. The minimum atomic E-state index is -0.692. The van der Waals surface area contributed by atoms with E-state index in [9.17, 15) is 10.2 Å². The Hall–Kier alpha value is -1.43. The molecule has 0 radical (unpaired) electrons. The van der Waals surface area contributed by atoms with Gasteiger partial charge >= 0.3 is 0 Å². The van der Waals surface area contributed by atoms with E-state index in [0.717, 1.165) is 30.4 Å². The van der Waals surface area contributed by atoms with Gasteiger partial charge < -0.3 is 10.2 Å². The highest BCUT2D eigenvalue weighted by Gasteiger charge is 2.29. The topological polar surface area (TPSA) is 61.5 Å². The first-order valence-corrected chi connectivity index (χ1v) is 6.65. The third-order valence-electron chi connectivity index (χ3n) is 3.95. The van der Waals surface area contributed by atoms with E-state index in [1.807, 2.05) is 36.2 Å². The molecule has 3 rings (SSSR count). The summed E-state index contributed by atoms with van der Waals surface area (Å²) in [5.41, 5.74) is 1.73. The minimum absolute atomic E-state index is 0.187. The molecular formula is C14H19N3O2. The number of rotatable bonds is 3. The van der Waals surface area contributed by atoms with Crippen molar-refractivity contribution in [1.29, 1.82) is 0 Å². The summed E-state index contributed by atoms with van der Waals surface area (Å²) >= 11 is 0. The lowest BCUT2D eigenvalue weighted by Gasteiger charge is -2.21. The van der Waals surface area contributed by atoms with Gasteiger partial charge in [0.05, 0.1) is 5.52 Å². The average Bonchev–Trinajstić information content (AvgIpc) is 3.04. The lowest BCUT2D eigenvalue weighted by atomic mass is 10.1. The number of aliphatic hydroxyl groups excluding tert-OH is 2. The van der Waals surface area contributed by atoms with Gasteiger partial charge in [0.25, 0.3) is 0 Å². The van der Waals surface area contributed by atoms with Crippen molar-refractivity contribution < 1.29 is 10.2 Å². The molecule has 1 unspecified atom stereocenters. The SMILES string of the molecule is Cn1nc(C(O)N2CC[C@H](CO)C2)c2ccccc21. The molecule has 2 N–H and O–H groups in total. The molecule has 1 aliphatic heterocycles. The van der Waals surface area contributed by atoms with Crippen molar-refractivity contribution in [3.05, 3.63) is 30.0 Å². The first-order chi connectivity index (χ1) is 9.20. The number of aromatic nitrogens is 2. The Morgan fingerprint density at radius 3 is 2.95 bits per heavy atom. The van der Waals surface area contributed by atoms with Gasteiger partial charge in [0.2, 0.25) is 0 Å². The minimum Gasteiger partial charge on any atom is -0.396 e. The predicted molar refractivity (Wildman–Crippen MR) is 72.4 cm³/mol. The number of aliphatic hydroxyl groups is 2. The molecule has 102 valence electrons. The normalized spacial score (nSPS) is 22.2. The highest BCUT2D eigenvalue weighted by Crippen LogP contribution is 2.29. The van der Waals surface area contributed by atoms with Crippen molar-refractivity contribution in [2.45, 2.75) is 12.6 Å². The molecule has 5 heteroatoms. The summed E-state index contributed by atoms with van der Waals surface area (Å²) in [4.78, 5) is 1.98. The first kappa shape index (κ1) is 12.6. The van der Waals surface area contributed by atoms with Gasteiger partial charge in [-0.2, -0.15) is 5.10 Å². The maximum absolute atomic E-state index is 10.5. The van der Waals surface area contributed by atoms with Gasteiger partial charge in [0.15, 0.2) is 6.23 Å². The molecule has 19 heavy (non-hydrogen) atoms. The van der Waals surface area contributed by atoms with Crippen molar-refractivity contribution in [1.82, 2.24) is 14.7 Å². The summed E-state index contributed by atoms with van der Waals surface area (Å²) < 4.78 is 1.80. The van der Waals surface area contributed by atoms with Crippen LogP contribution < -0.4 is 0 Å². The van der Waals surface area contributed by atoms with Crippen LogP contribution in [-0.4, -0.2) is 44.6 Å². The molecule has 0 spiro atoms. The quantitative estimate of drug-likeness (QED) is 0.861. The molecule has 1 saturated heterocycles. The van der Waals surface area contributed by atoms with Crippen LogP contribution in [0.4, 0.5) is 0 Å². The zero-order chi connectivity index (χ0) is 13.4. The molecule has 1 aromatic carbocycles. The Morgan fingerprint density at radius 1 is 1.42 bits per heavy atom. The van der Waals surface area contributed by atoms with Gasteiger partial charge in [-0.1, -0.05) is 18.2 Å². The van der Waals surface area contributed by atoms with E-state index in [1.165, 1.54) is 0 Å². The largest absolute Gasteiger partial charge is 0.396 e. The second-order valence-corrected chi connectivity index (χ2v) is 5.23. The van der Waals surface area contributed by atoms with Crippen LogP contribution >= 0.6 is 0 Å². The van der Waals surface area contributed by atoms with E-state index in [2.05, 4.69) is 5.10 Å². The fourth-order valence-electron chi connectivity index (χ4n) is 2.84. The Balaban J connectivity index is 1.92. The maximum Gasteiger partial charge on any atom is 0.153 e. The number of fused-ring (bicyclic) bond motifs is 1. The van der Waals surface area contributed by atoms with Crippen LogP contribution in [0.5, 0.6) is 0 Å². The Morgan fingerprint density at radius 2 is 2.21 bits per heavy atom. The number of benzene rings is 1. The molecule has 2 atom stereocenters. The van der Waals surface area contributed by atoms with Gasteiger partial charge in [-0.05, 0) is 18.4 Å². The van der Waals surface area contributed by atoms with Crippen molar-refractivity contribution in [2.24, 2.45) is 13.0 Å². The fourth-order valence-corrected chi connectivity index (χ4v) is 2.84. The van der Waals surface area contributed by atoms with Crippen LogP contribution in [0.25, 0.3) is 10.9 Å². The summed E-state index contributed by atoms with van der Waals surface area (Å²) in [6.07, 6.45) is 0.237. The van der Waals surface area contributed by atoms with Crippen LogP contribution in [0.15, 0.2) is 24.3 Å². The highest BCUT2D eigenvalue weighted by molar-refractivity contribution is 5.82. The third kappa shape index (κ3) is 2.14. The van der Waals surface area contributed by atoms with Crippen LogP contribution in [0, 0.1) is 5.92 Å². The second-order valence-electron chi connectivity index (χ2n) is 5.23. The third-order valence-corrected chi connectivity index (χ3v) is 3.95. The summed E-state index contributed by atoms with van der Waals surface area (Å²) in [7, 11) is 1.89. The van der Waals surface area contributed by atoms with Crippen molar-refractivity contribution >= 4 is 10.9 Å². The molecule has 0 aliphatic carbocycles. The van der Waals surface area contributed by atoms with Gasteiger partial charge in [-0.3, -0.25) is 9.58 Å². The zero-order valence-electron chi connectivity index (χ0n) is 11.0. The van der Waals surface area contributed by atoms with Gasteiger partial charge in [-0.15, -0.1) is 0 Å². The van der Waals surface area contributed by atoms with Crippen molar-refractivity contribution in [3.8, 4) is 0 Å².